The van der Waals surface area contributed by atoms with Crippen LogP contribution in [0.5, 0.6) is 0 Å². The molecule has 0 bridgehead atoms. The molecule has 0 aliphatic rings. The summed E-state index contributed by atoms with van der Waals surface area (Å²) in [5.74, 6) is -0.174. The summed E-state index contributed by atoms with van der Waals surface area (Å²) in [6.07, 6.45) is 3.23. The number of hydrogen-bond acceptors (Lipinski definition) is 3. The minimum absolute atomic E-state index is 0.174. The molecule has 2 N–H and O–H groups in total. The van der Waals surface area contributed by atoms with Crippen molar-refractivity contribution in [1.82, 2.24) is 4.98 Å². The summed E-state index contributed by atoms with van der Waals surface area (Å²) in [5.41, 5.74) is 3.15. The first-order valence-electron chi connectivity index (χ1n) is 6.36. The van der Waals surface area contributed by atoms with Crippen molar-refractivity contribution in [2.24, 2.45) is 0 Å². The highest BCUT2D eigenvalue weighted by Crippen LogP contribution is 2.21. The van der Waals surface area contributed by atoms with Crippen molar-refractivity contribution in [3.05, 3.63) is 52.3 Å². The number of anilines is 2. The normalized spacial score (nSPS) is 10.2. The van der Waals surface area contributed by atoms with Crippen LogP contribution in [0, 0.1) is 6.92 Å². The number of aromatic nitrogens is 1. The van der Waals surface area contributed by atoms with E-state index in [0.717, 1.165) is 28.0 Å². The van der Waals surface area contributed by atoms with Crippen LogP contribution in [0.3, 0.4) is 0 Å². The van der Waals surface area contributed by atoms with Gasteiger partial charge in [0.2, 0.25) is 0 Å². The van der Waals surface area contributed by atoms with E-state index in [9.17, 15) is 4.79 Å². The quantitative estimate of drug-likeness (QED) is 0.893. The molecule has 4 nitrogen and oxygen atoms in total. The van der Waals surface area contributed by atoms with Crippen molar-refractivity contribution in [3.63, 3.8) is 0 Å². The van der Waals surface area contributed by atoms with Crippen LogP contribution < -0.4 is 10.6 Å². The first-order chi connectivity index (χ1) is 9.60. The Bertz CT molecular complexity index is 608. The Balaban J connectivity index is 2.23. The fourth-order valence-corrected chi connectivity index (χ4v) is 2.53. The number of benzene rings is 1. The van der Waals surface area contributed by atoms with Gasteiger partial charge in [0, 0.05) is 29.1 Å². The third-order valence-electron chi connectivity index (χ3n) is 2.73. The summed E-state index contributed by atoms with van der Waals surface area (Å²) in [5, 5.41) is 6.05. The van der Waals surface area contributed by atoms with Crippen LogP contribution in [0.1, 0.15) is 22.8 Å². The van der Waals surface area contributed by atoms with Gasteiger partial charge in [-0.15, -0.1) is 0 Å². The van der Waals surface area contributed by atoms with Crippen LogP contribution >= 0.6 is 15.9 Å². The van der Waals surface area contributed by atoms with Crippen molar-refractivity contribution in [3.8, 4) is 0 Å². The molecule has 0 unspecified atom stereocenters. The van der Waals surface area contributed by atoms with E-state index >= 15 is 0 Å². The molecule has 0 spiro atoms. The maximum Gasteiger partial charge on any atom is 0.259 e. The molecule has 1 aromatic heterocycles. The van der Waals surface area contributed by atoms with Gasteiger partial charge in [-0.05, 0) is 43.7 Å². The van der Waals surface area contributed by atoms with Gasteiger partial charge < -0.3 is 10.6 Å². The second-order valence-electron chi connectivity index (χ2n) is 4.42. The third kappa shape index (κ3) is 3.57. The lowest BCUT2D eigenvalue weighted by molar-refractivity contribution is 0.102. The van der Waals surface area contributed by atoms with Gasteiger partial charge in [-0.1, -0.05) is 15.9 Å². The second kappa shape index (κ2) is 6.52. The monoisotopic (exact) mass is 333 g/mol. The van der Waals surface area contributed by atoms with E-state index in [-0.39, 0.29) is 5.91 Å². The number of hydrogen-bond donors (Lipinski definition) is 2. The first-order valence-corrected chi connectivity index (χ1v) is 7.16. The van der Waals surface area contributed by atoms with E-state index in [1.54, 1.807) is 18.5 Å². The van der Waals surface area contributed by atoms with Crippen LogP contribution in [-0.2, 0) is 0 Å². The lowest BCUT2D eigenvalue weighted by atomic mass is 10.2. The highest BCUT2D eigenvalue weighted by Gasteiger charge is 2.11. The zero-order chi connectivity index (χ0) is 14.5. The zero-order valence-electron chi connectivity index (χ0n) is 11.4. The van der Waals surface area contributed by atoms with Gasteiger partial charge in [0.15, 0.2) is 0 Å². The molecule has 104 valence electrons. The Morgan fingerprint density at radius 1 is 1.35 bits per heavy atom. The van der Waals surface area contributed by atoms with E-state index < -0.39 is 0 Å². The number of carbonyl (C=O) groups is 1. The molecule has 0 saturated heterocycles. The van der Waals surface area contributed by atoms with Crippen LogP contribution in [-0.4, -0.2) is 17.4 Å². The molecule has 1 heterocycles. The van der Waals surface area contributed by atoms with E-state index in [1.807, 2.05) is 32.0 Å². The van der Waals surface area contributed by atoms with Crippen molar-refractivity contribution < 1.29 is 4.79 Å². The van der Waals surface area contributed by atoms with Crippen molar-refractivity contribution >= 4 is 33.2 Å². The van der Waals surface area contributed by atoms with Crippen molar-refractivity contribution in [1.29, 1.82) is 0 Å². The number of pyridine rings is 1. The van der Waals surface area contributed by atoms with Gasteiger partial charge in [0.05, 0.1) is 11.3 Å². The molecule has 5 heteroatoms. The summed E-state index contributed by atoms with van der Waals surface area (Å²) < 4.78 is 0.936. The zero-order valence-corrected chi connectivity index (χ0v) is 13.0. The van der Waals surface area contributed by atoms with Gasteiger partial charge in [0.1, 0.15) is 0 Å². The Morgan fingerprint density at radius 3 is 2.85 bits per heavy atom. The SMILES string of the molecule is CCNc1ccncc1C(=O)Nc1cc(C)cc(Br)c1. The topological polar surface area (TPSA) is 54.0 Å². The van der Waals surface area contributed by atoms with Crippen LogP contribution in [0.25, 0.3) is 0 Å². The van der Waals surface area contributed by atoms with Crippen molar-refractivity contribution in [2.45, 2.75) is 13.8 Å². The Kier molecular flexibility index (Phi) is 4.74. The molecule has 1 aromatic carbocycles. The molecule has 2 aromatic rings. The number of rotatable bonds is 4. The molecule has 2 rings (SSSR count). The molecule has 20 heavy (non-hydrogen) atoms. The Hall–Kier alpha value is -1.88. The molecule has 0 fully saturated rings. The van der Waals surface area contributed by atoms with E-state index in [2.05, 4.69) is 31.5 Å². The molecular weight excluding hydrogens is 318 g/mol. The summed E-state index contributed by atoms with van der Waals surface area (Å²) >= 11 is 3.42. The summed E-state index contributed by atoms with van der Waals surface area (Å²) in [7, 11) is 0. The van der Waals surface area contributed by atoms with E-state index in [4.69, 9.17) is 0 Å². The van der Waals surface area contributed by atoms with E-state index in [0.29, 0.717) is 5.56 Å². The number of amides is 1. The molecule has 0 aliphatic heterocycles. The molecule has 1 amide bonds. The fourth-order valence-electron chi connectivity index (χ4n) is 1.93. The fraction of sp³-hybridized carbons (Fsp3) is 0.200. The lowest BCUT2D eigenvalue weighted by Crippen LogP contribution is -2.15. The molecule has 0 saturated carbocycles. The number of nitrogens with zero attached hydrogens (tertiary/aromatic N) is 1. The van der Waals surface area contributed by atoms with Gasteiger partial charge >= 0.3 is 0 Å². The maximum absolute atomic E-state index is 12.3. The number of aryl methyl sites for hydroxylation is 1. The average molecular weight is 334 g/mol. The smallest absolute Gasteiger partial charge is 0.259 e. The predicted octanol–water partition coefficient (Wildman–Crippen LogP) is 3.84. The predicted molar refractivity (Wildman–Crippen MR) is 85.2 cm³/mol. The Labute approximate surface area is 126 Å². The Morgan fingerprint density at radius 2 is 2.15 bits per heavy atom. The summed E-state index contributed by atoms with van der Waals surface area (Å²) in [6.45, 7) is 4.72. The largest absolute Gasteiger partial charge is 0.385 e. The highest BCUT2D eigenvalue weighted by atomic mass is 79.9. The molecule has 0 atom stereocenters. The van der Waals surface area contributed by atoms with Crippen LogP contribution in [0.2, 0.25) is 0 Å². The number of carbonyl (C=O) groups excluding carboxylic acids is 1. The third-order valence-corrected chi connectivity index (χ3v) is 3.19. The molecular formula is C15H16BrN3O. The van der Waals surface area contributed by atoms with E-state index in [1.165, 1.54) is 0 Å². The van der Waals surface area contributed by atoms with Gasteiger partial charge in [-0.2, -0.15) is 0 Å². The van der Waals surface area contributed by atoms with Crippen LogP contribution in [0.15, 0.2) is 41.1 Å². The number of halogens is 1. The average Bonchev–Trinajstić information content (AvgIpc) is 2.38. The van der Waals surface area contributed by atoms with Gasteiger partial charge in [0.25, 0.3) is 5.91 Å². The van der Waals surface area contributed by atoms with Crippen molar-refractivity contribution in [2.75, 3.05) is 17.2 Å². The second-order valence-corrected chi connectivity index (χ2v) is 5.34. The molecule has 0 aliphatic carbocycles. The number of nitrogens with one attached hydrogen (secondary N) is 2. The highest BCUT2D eigenvalue weighted by molar-refractivity contribution is 9.10. The van der Waals surface area contributed by atoms with Gasteiger partial charge in [-0.3, -0.25) is 9.78 Å². The first kappa shape index (κ1) is 14.5. The minimum atomic E-state index is -0.174. The maximum atomic E-state index is 12.3. The van der Waals surface area contributed by atoms with Gasteiger partial charge in [-0.25, -0.2) is 0 Å². The standard InChI is InChI=1S/C15H16BrN3O/c1-3-18-14-4-5-17-9-13(14)15(20)19-12-7-10(2)6-11(16)8-12/h4-9H,3H2,1-2H3,(H,17,18)(H,19,20). The minimum Gasteiger partial charge on any atom is -0.385 e. The lowest BCUT2D eigenvalue weighted by Gasteiger charge is -2.11. The summed E-state index contributed by atoms with van der Waals surface area (Å²) in [6, 6.07) is 7.58. The van der Waals surface area contributed by atoms with Crippen LogP contribution in [0.4, 0.5) is 11.4 Å². The molecule has 0 radical (unpaired) electrons. The summed E-state index contributed by atoms with van der Waals surface area (Å²) in [4.78, 5) is 16.3.